The first kappa shape index (κ1) is 21.0. The van der Waals surface area contributed by atoms with Gasteiger partial charge >= 0.3 is 0 Å². The molecule has 6 rings (SSSR count). The van der Waals surface area contributed by atoms with Gasteiger partial charge in [0, 0.05) is 54.0 Å². The fourth-order valence-electron chi connectivity index (χ4n) is 4.88. The summed E-state index contributed by atoms with van der Waals surface area (Å²) in [4.78, 5) is 16.5. The van der Waals surface area contributed by atoms with Crippen molar-refractivity contribution in [2.24, 2.45) is 5.41 Å². The van der Waals surface area contributed by atoms with Crippen LogP contribution in [0.1, 0.15) is 31.2 Å². The number of hydrogen-bond donors (Lipinski definition) is 0. The number of aryl methyl sites for hydroxylation is 1. The number of nitrogens with zero attached hydrogens (tertiary/aromatic N) is 6. The Bertz CT molecular complexity index is 1380. The highest BCUT2D eigenvalue weighted by atomic mass is 16.5. The van der Waals surface area contributed by atoms with Crippen molar-refractivity contribution in [3.8, 4) is 22.8 Å². The Kier molecular flexibility index (Phi) is 4.81. The molecule has 4 aromatic rings. The number of methoxy groups -OCH3 is 1. The number of ether oxygens (including phenoxy) is 2. The van der Waals surface area contributed by atoms with Crippen LogP contribution < -0.4 is 9.64 Å². The van der Waals surface area contributed by atoms with Crippen LogP contribution in [0.5, 0.6) is 5.75 Å². The van der Waals surface area contributed by atoms with Crippen molar-refractivity contribution in [1.82, 2.24) is 24.7 Å². The third-order valence-electron chi connectivity index (χ3n) is 6.89. The number of hydrogen-bond acceptors (Lipinski definition) is 7. The van der Waals surface area contributed by atoms with Gasteiger partial charge < -0.3 is 14.4 Å². The number of aromatic nitrogens is 5. The Morgan fingerprint density at radius 2 is 1.91 bits per heavy atom. The molecule has 0 bridgehead atoms. The van der Waals surface area contributed by atoms with E-state index in [1.807, 2.05) is 29.9 Å². The Balaban J connectivity index is 1.46. The van der Waals surface area contributed by atoms with Crippen LogP contribution in [0.3, 0.4) is 0 Å². The second-order valence-corrected chi connectivity index (χ2v) is 9.77. The minimum Gasteiger partial charge on any atom is -0.496 e. The summed E-state index contributed by atoms with van der Waals surface area (Å²) in [7, 11) is 1.66. The topological polar surface area (TPSA) is 78.2 Å². The van der Waals surface area contributed by atoms with E-state index in [0.29, 0.717) is 11.3 Å². The van der Waals surface area contributed by atoms with Gasteiger partial charge in [-0.25, -0.2) is 9.67 Å². The van der Waals surface area contributed by atoms with E-state index >= 15 is 0 Å². The van der Waals surface area contributed by atoms with E-state index in [9.17, 15) is 0 Å². The maximum absolute atomic E-state index is 5.55. The van der Waals surface area contributed by atoms with Crippen molar-refractivity contribution in [3.05, 3.63) is 54.2 Å². The number of rotatable bonds is 5. The molecule has 6 heterocycles. The van der Waals surface area contributed by atoms with Crippen molar-refractivity contribution in [2.75, 3.05) is 38.3 Å². The maximum atomic E-state index is 5.55. The third-order valence-corrected chi connectivity index (χ3v) is 6.89. The zero-order chi connectivity index (χ0) is 23.4. The fourth-order valence-corrected chi connectivity index (χ4v) is 4.88. The van der Waals surface area contributed by atoms with E-state index in [-0.39, 0.29) is 0 Å². The summed E-state index contributed by atoms with van der Waals surface area (Å²) in [5, 5.41) is 5.73. The predicted molar refractivity (Wildman–Crippen MR) is 131 cm³/mol. The first-order valence-corrected chi connectivity index (χ1v) is 11.7. The minimum absolute atomic E-state index is 0.307. The molecule has 8 nitrogen and oxygen atoms in total. The van der Waals surface area contributed by atoms with E-state index in [4.69, 9.17) is 24.5 Å². The van der Waals surface area contributed by atoms with Gasteiger partial charge in [-0.1, -0.05) is 13.8 Å². The molecule has 2 aliphatic rings. The van der Waals surface area contributed by atoms with Gasteiger partial charge in [0.2, 0.25) is 0 Å². The quantitative estimate of drug-likeness (QED) is 0.446. The Labute approximate surface area is 198 Å². The van der Waals surface area contributed by atoms with Crippen LogP contribution in [-0.4, -0.2) is 58.1 Å². The Morgan fingerprint density at radius 3 is 2.62 bits per heavy atom. The summed E-state index contributed by atoms with van der Waals surface area (Å²) in [5.74, 6) is 1.86. The fraction of sp³-hybridized carbons (Fsp3) is 0.385. The molecular weight excluding hydrogens is 428 g/mol. The van der Waals surface area contributed by atoms with Crippen molar-refractivity contribution in [1.29, 1.82) is 0 Å². The second kappa shape index (κ2) is 7.77. The first-order chi connectivity index (χ1) is 16.5. The van der Waals surface area contributed by atoms with Crippen molar-refractivity contribution in [3.63, 3.8) is 0 Å². The molecule has 1 spiro atoms. The molecule has 0 N–H and O–H groups in total. The molecular formula is C26H28N6O2. The second-order valence-electron chi connectivity index (χ2n) is 9.77. The van der Waals surface area contributed by atoms with Crippen LogP contribution in [0.4, 0.5) is 5.69 Å². The van der Waals surface area contributed by atoms with E-state index < -0.39 is 0 Å². The largest absolute Gasteiger partial charge is 0.496 e. The standard InChI is InChI=1S/C26H28N6O2/c1-16(2)21-7-18(31-12-26(13-31)14-34-15-26)8-25(30-21)32-23-9-22(29-17(3)19(23)11-28-32)20-10-27-6-5-24(20)33-4/h5-11,16H,12-15H2,1-4H3. The molecule has 34 heavy (non-hydrogen) atoms. The normalized spacial score (nSPS) is 16.7. The minimum atomic E-state index is 0.307. The molecule has 4 aromatic heterocycles. The summed E-state index contributed by atoms with van der Waals surface area (Å²) >= 11 is 0. The molecule has 0 radical (unpaired) electrons. The van der Waals surface area contributed by atoms with Gasteiger partial charge in [-0.2, -0.15) is 5.10 Å². The molecule has 0 atom stereocenters. The Morgan fingerprint density at radius 1 is 1.09 bits per heavy atom. The highest BCUT2D eigenvalue weighted by Crippen LogP contribution is 2.41. The smallest absolute Gasteiger partial charge is 0.156 e. The molecule has 8 heteroatoms. The lowest BCUT2D eigenvalue weighted by Gasteiger charge is -2.56. The van der Waals surface area contributed by atoms with E-state index in [2.05, 4.69) is 35.9 Å². The zero-order valence-electron chi connectivity index (χ0n) is 19.9. The van der Waals surface area contributed by atoms with Crippen LogP contribution in [0.25, 0.3) is 28.0 Å². The molecule has 174 valence electrons. The SMILES string of the molecule is COc1ccncc1-c1cc2c(cnn2-c2cc(N3CC4(COC4)C3)cc(C(C)C)n2)c(C)n1. The summed E-state index contributed by atoms with van der Waals surface area (Å²) in [6, 6.07) is 8.25. The molecule has 0 aliphatic carbocycles. The highest BCUT2D eigenvalue weighted by Gasteiger charge is 2.49. The lowest BCUT2D eigenvalue weighted by atomic mass is 9.78. The van der Waals surface area contributed by atoms with Gasteiger partial charge in [0.25, 0.3) is 0 Å². The van der Waals surface area contributed by atoms with Crippen LogP contribution in [0, 0.1) is 12.3 Å². The van der Waals surface area contributed by atoms with Gasteiger partial charge in [-0.15, -0.1) is 0 Å². The number of fused-ring (bicyclic) bond motifs is 1. The molecule has 2 fully saturated rings. The summed E-state index contributed by atoms with van der Waals surface area (Å²) in [5.41, 5.74) is 6.10. The van der Waals surface area contributed by atoms with Crippen LogP contribution in [-0.2, 0) is 4.74 Å². The average Bonchev–Trinajstić information content (AvgIpc) is 3.21. The van der Waals surface area contributed by atoms with Crippen LogP contribution in [0.2, 0.25) is 0 Å². The predicted octanol–water partition coefficient (Wildman–Crippen LogP) is 4.15. The monoisotopic (exact) mass is 456 g/mol. The van der Waals surface area contributed by atoms with E-state index in [0.717, 1.165) is 71.4 Å². The molecule has 0 aromatic carbocycles. The number of anilines is 1. The lowest BCUT2D eigenvalue weighted by Crippen LogP contribution is -2.66. The molecule has 0 amide bonds. The van der Waals surface area contributed by atoms with Crippen molar-refractivity contribution in [2.45, 2.75) is 26.7 Å². The third kappa shape index (κ3) is 3.32. The van der Waals surface area contributed by atoms with Crippen LogP contribution in [0.15, 0.2) is 42.9 Å². The average molecular weight is 457 g/mol. The van der Waals surface area contributed by atoms with Crippen LogP contribution >= 0.6 is 0 Å². The van der Waals surface area contributed by atoms with Crippen molar-refractivity contribution < 1.29 is 9.47 Å². The van der Waals surface area contributed by atoms with Gasteiger partial charge in [-0.05, 0) is 31.0 Å². The molecule has 0 unspecified atom stereocenters. The van der Waals surface area contributed by atoms with Gasteiger partial charge in [-0.3, -0.25) is 9.97 Å². The number of pyridine rings is 3. The zero-order valence-corrected chi connectivity index (χ0v) is 19.9. The first-order valence-electron chi connectivity index (χ1n) is 11.7. The van der Waals surface area contributed by atoms with Gasteiger partial charge in [0.05, 0.1) is 48.7 Å². The highest BCUT2D eigenvalue weighted by molar-refractivity contribution is 5.86. The maximum Gasteiger partial charge on any atom is 0.156 e. The van der Waals surface area contributed by atoms with Gasteiger partial charge in [0.1, 0.15) is 5.75 Å². The molecule has 2 aliphatic heterocycles. The summed E-state index contributed by atoms with van der Waals surface area (Å²) < 4.78 is 12.9. The van der Waals surface area contributed by atoms with E-state index in [1.54, 1.807) is 19.5 Å². The molecule has 2 saturated heterocycles. The lowest BCUT2D eigenvalue weighted by molar-refractivity contribution is -0.127. The Hall–Kier alpha value is -3.52. The van der Waals surface area contributed by atoms with Gasteiger partial charge in [0.15, 0.2) is 5.82 Å². The summed E-state index contributed by atoms with van der Waals surface area (Å²) in [6.07, 6.45) is 5.37. The van der Waals surface area contributed by atoms with Crippen molar-refractivity contribution >= 4 is 16.6 Å². The molecule has 0 saturated carbocycles. The summed E-state index contributed by atoms with van der Waals surface area (Å²) in [6.45, 7) is 10.2. The van der Waals surface area contributed by atoms with E-state index in [1.165, 1.54) is 5.69 Å².